The van der Waals surface area contributed by atoms with Crippen molar-refractivity contribution >= 4 is 23.2 Å². The van der Waals surface area contributed by atoms with Crippen LogP contribution in [0.2, 0.25) is 0 Å². The summed E-state index contributed by atoms with van der Waals surface area (Å²) in [6.07, 6.45) is 11.0. The maximum absolute atomic E-state index is 12.5. The van der Waals surface area contributed by atoms with Gasteiger partial charge in [0.2, 0.25) is 0 Å². The predicted molar refractivity (Wildman–Crippen MR) is 110 cm³/mol. The van der Waals surface area contributed by atoms with E-state index >= 15 is 0 Å². The molecule has 2 atom stereocenters. The Labute approximate surface area is 163 Å². The Bertz CT molecular complexity index is 594. The number of hydrogen-bond donors (Lipinski definition) is 1. The minimum absolute atomic E-state index is 0.139. The molecule has 0 radical (unpaired) electrons. The molecule has 0 saturated heterocycles. The summed E-state index contributed by atoms with van der Waals surface area (Å²) < 4.78 is 6.81. The third-order valence-corrected chi connectivity index (χ3v) is 5.69. The van der Waals surface area contributed by atoms with Gasteiger partial charge in [-0.3, -0.25) is 4.79 Å². The van der Waals surface area contributed by atoms with E-state index in [1.807, 2.05) is 7.05 Å². The van der Waals surface area contributed by atoms with Gasteiger partial charge in [0.1, 0.15) is 6.10 Å². The normalized spacial score (nSPS) is 26.4. The average molecular weight is 381 g/mol. The third-order valence-electron chi connectivity index (χ3n) is 5.33. The van der Waals surface area contributed by atoms with Crippen molar-refractivity contribution in [1.29, 1.82) is 0 Å². The standard InChI is InChI=1S/C20H33N3O2S/c1-22-13-7-9-16(15-22)20(19(21)26)12-6-5-10-17(20)25-18(24)11-8-14-23(2,3)4/h7,9,15,17H,5-6,8,10-14H2,1-4H3,(H-,21,26)/p+1/t17-,20-/m1/s1. The van der Waals surface area contributed by atoms with E-state index in [-0.39, 0.29) is 12.1 Å². The van der Waals surface area contributed by atoms with Gasteiger partial charge in [0.25, 0.3) is 0 Å². The predicted octanol–water partition coefficient (Wildman–Crippen LogP) is 2.62. The molecule has 0 unspecified atom stereocenters. The Kier molecular flexibility index (Phi) is 6.86. The van der Waals surface area contributed by atoms with Crippen molar-refractivity contribution in [3.63, 3.8) is 0 Å². The second kappa shape index (κ2) is 8.53. The maximum Gasteiger partial charge on any atom is 0.306 e. The van der Waals surface area contributed by atoms with E-state index in [0.29, 0.717) is 11.4 Å². The van der Waals surface area contributed by atoms with E-state index in [0.717, 1.165) is 55.2 Å². The van der Waals surface area contributed by atoms with Crippen LogP contribution in [0, 0.1) is 5.41 Å². The molecule has 2 aliphatic rings. The number of quaternary nitrogens is 1. The van der Waals surface area contributed by atoms with Crippen LogP contribution in [0.15, 0.2) is 23.9 Å². The van der Waals surface area contributed by atoms with E-state index in [1.54, 1.807) is 0 Å². The summed E-state index contributed by atoms with van der Waals surface area (Å²) >= 11 is 5.50. The summed E-state index contributed by atoms with van der Waals surface area (Å²) in [5.74, 6) is -0.139. The maximum atomic E-state index is 12.5. The van der Waals surface area contributed by atoms with Crippen LogP contribution in [0.1, 0.15) is 38.5 Å². The lowest BCUT2D eigenvalue weighted by atomic mass is 9.66. The minimum Gasteiger partial charge on any atom is -0.461 e. The lowest BCUT2D eigenvalue weighted by molar-refractivity contribution is -0.870. The fourth-order valence-electron chi connectivity index (χ4n) is 3.91. The van der Waals surface area contributed by atoms with Crippen molar-refractivity contribution in [2.75, 3.05) is 41.3 Å². The Morgan fingerprint density at radius 2 is 2.15 bits per heavy atom. The number of allylic oxidation sites excluding steroid dienone is 1. The molecule has 1 fully saturated rings. The quantitative estimate of drug-likeness (QED) is 0.418. The molecule has 0 aromatic heterocycles. The van der Waals surface area contributed by atoms with Gasteiger partial charge >= 0.3 is 5.97 Å². The van der Waals surface area contributed by atoms with Crippen molar-refractivity contribution in [2.45, 2.75) is 44.6 Å². The topological polar surface area (TPSA) is 55.6 Å². The molecule has 1 saturated carbocycles. The molecule has 0 amide bonds. The fraction of sp³-hybridized carbons (Fsp3) is 0.700. The number of esters is 1. The highest BCUT2D eigenvalue weighted by atomic mass is 32.1. The lowest BCUT2D eigenvalue weighted by Crippen LogP contribution is -2.51. The minimum atomic E-state index is -0.547. The molecule has 6 heteroatoms. The van der Waals surface area contributed by atoms with E-state index in [9.17, 15) is 4.79 Å². The van der Waals surface area contributed by atoms with Crippen LogP contribution in [0.3, 0.4) is 0 Å². The molecular formula is C20H34N3O2S+. The van der Waals surface area contributed by atoms with Crippen LogP contribution in [-0.4, -0.2) is 67.7 Å². The number of carbonyl (C=O) groups is 1. The van der Waals surface area contributed by atoms with Crippen molar-refractivity contribution < 1.29 is 14.0 Å². The molecule has 5 nitrogen and oxygen atoms in total. The number of hydrogen-bond acceptors (Lipinski definition) is 4. The van der Waals surface area contributed by atoms with E-state index in [1.165, 1.54) is 0 Å². The molecular weight excluding hydrogens is 346 g/mol. The van der Waals surface area contributed by atoms with Crippen molar-refractivity contribution in [2.24, 2.45) is 11.1 Å². The molecule has 0 bridgehead atoms. The number of likely N-dealkylation sites (N-methyl/N-ethyl adjacent to an activating group) is 1. The second-order valence-electron chi connectivity index (χ2n) is 8.60. The summed E-state index contributed by atoms with van der Waals surface area (Å²) in [5.41, 5.74) is 6.77. The summed E-state index contributed by atoms with van der Waals surface area (Å²) in [6, 6.07) is 0. The SMILES string of the molecule is CN1C=C([C@]2(C(N)=S)CCCC[C@H]2OC(=O)CCC[N+](C)(C)C)C=CC1. The molecule has 2 rings (SSSR count). The van der Waals surface area contributed by atoms with Gasteiger partial charge in [-0.15, -0.1) is 0 Å². The van der Waals surface area contributed by atoms with Gasteiger partial charge in [-0.05, 0) is 24.8 Å². The highest BCUT2D eigenvalue weighted by Crippen LogP contribution is 2.46. The Morgan fingerprint density at radius 3 is 2.77 bits per heavy atom. The molecule has 1 aliphatic carbocycles. The number of rotatable bonds is 7. The molecule has 2 N–H and O–H groups in total. The summed E-state index contributed by atoms with van der Waals surface area (Å²) in [7, 11) is 8.42. The van der Waals surface area contributed by atoms with Crippen LogP contribution in [0.25, 0.3) is 0 Å². The number of ether oxygens (including phenoxy) is 1. The van der Waals surface area contributed by atoms with Gasteiger partial charge in [-0.2, -0.15) is 0 Å². The smallest absolute Gasteiger partial charge is 0.306 e. The zero-order chi connectivity index (χ0) is 19.4. The van der Waals surface area contributed by atoms with Gasteiger partial charge in [0.05, 0.1) is 44.5 Å². The Balaban J connectivity index is 2.14. The van der Waals surface area contributed by atoms with Gasteiger partial charge in [-0.1, -0.05) is 30.8 Å². The second-order valence-corrected chi connectivity index (χ2v) is 9.04. The number of thiocarbonyl (C=S) groups is 1. The fourth-order valence-corrected chi connectivity index (χ4v) is 4.26. The van der Waals surface area contributed by atoms with Gasteiger partial charge < -0.3 is 19.9 Å². The molecule has 0 aromatic rings. The van der Waals surface area contributed by atoms with Crippen molar-refractivity contribution in [1.82, 2.24) is 4.90 Å². The van der Waals surface area contributed by atoms with Gasteiger partial charge in [0, 0.05) is 26.2 Å². The molecule has 0 aromatic carbocycles. The van der Waals surface area contributed by atoms with Gasteiger partial charge in [-0.25, -0.2) is 0 Å². The van der Waals surface area contributed by atoms with Crippen LogP contribution >= 0.6 is 12.2 Å². The molecule has 146 valence electrons. The van der Waals surface area contributed by atoms with Crippen LogP contribution in [0.4, 0.5) is 0 Å². The first-order valence-corrected chi connectivity index (χ1v) is 9.95. The zero-order valence-corrected chi connectivity index (χ0v) is 17.5. The third kappa shape index (κ3) is 5.07. The van der Waals surface area contributed by atoms with Crippen LogP contribution in [-0.2, 0) is 9.53 Å². The monoisotopic (exact) mass is 380 g/mol. The molecule has 1 heterocycles. The summed E-state index contributed by atoms with van der Waals surface area (Å²) in [6.45, 7) is 1.81. The first kappa shape index (κ1) is 20.9. The van der Waals surface area contributed by atoms with E-state index < -0.39 is 5.41 Å². The molecule has 26 heavy (non-hydrogen) atoms. The summed E-state index contributed by atoms with van der Waals surface area (Å²) in [4.78, 5) is 15.0. The highest BCUT2D eigenvalue weighted by Gasteiger charge is 2.48. The Hall–Kier alpha value is -1.40. The number of carbonyl (C=O) groups excluding carboxylic acids is 1. The van der Waals surface area contributed by atoms with Crippen LogP contribution in [0.5, 0.6) is 0 Å². The largest absolute Gasteiger partial charge is 0.461 e. The highest BCUT2D eigenvalue weighted by molar-refractivity contribution is 7.80. The molecule has 1 aliphatic heterocycles. The molecule has 0 spiro atoms. The van der Waals surface area contributed by atoms with E-state index in [4.69, 9.17) is 22.7 Å². The van der Waals surface area contributed by atoms with Crippen molar-refractivity contribution in [3.8, 4) is 0 Å². The van der Waals surface area contributed by atoms with Crippen molar-refractivity contribution in [3.05, 3.63) is 23.9 Å². The number of nitrogens with zero attached hydrogens (tertiary/aromatic N) is 2. The first-order valence-electron chi connectivity index (χ1n) is 9.54. The lowest BCUT2D eigenvalue weighted by Gasteiger charge is -2.44. The van der Waals surface area contributed by atoms with Gasteiger partial charge in [0.15, 0.2) is 0 Å². The van der Waals surface area contributed by atoms with E-state index in [2.05, 4.69) is 44.4 Å². The zero-order valence-electron chi connectivity index (χ0n) is 16.7. The number of nitrogens with two attached hydrogens (primary N) is 1. The Morgan fingerprint density at radius 1 is 1.42 bits per heavy atom. The summed E-state index contributed by atoms with van der Waals surface area (Å²) in [5, 5.41) is 0. The first-order chi connectivity index (χ1) is 12.1. The van der Waals surface area contributed by atoms with Crippen LogP contribution < -0.4 is 5.73 Å². The average Bonchev–Trinajstić information content (AvgIpc) is 2.54.